The number of alkyl halides is 3. The molecule has 1 N–H and O–H groups in total. The molecule has 0 bridgehead atoms. The first-order chi connectivity index (χ1) is 11.7. The molecule has 0 atom stereocenters. The van der Waals surface area contributed by atoms with Crippen LogP contribution in [0.4, 0.5) is 28.9 Å². The highest BCUT2D eigenvalue weighted by molar-refractivity contribution is 6.01. The third-order valence-electron chi connectivity index (χ3n) is 3.32. The van der Waals surface area contributed by atoms with Gasteiger partial charge in [0, 0.05) is 18.3 Å². The molecular formula is C17H14F4N2O2. The van der Waals surface area contributed by atoms with Gasteiger partial charge in [-0.25, -0.2) is 4.39 Å². The third kappa shape index (κ3) is 5.03. The predicted octanol–water partition coefficient (Wildman–Crippen LogP) is 3.84. The van der Waals surface area contributed by atoms with Crippen molar-refractivity contribution in [2.45, 2.75) is 13.1 Å². The van der Waals surface area contributed by atoms with E-state index in [0.717, 1.165) is 41.3 Å². The van der Waals surface area contributed by atoms with Crippen LogP contribution in [0.3, 0.4) is 0 Å². The Hall–Kier alpha value is -2.90. The van der Waals surface area contributed by atoms with E-state index in [1.807, 2.05) is 0 Å². The zero-order valence-electron chi connectivity index (χ0n) is 13.1. The van der Waals surface area contributed by atoms with Crippen LogP contribution in [0.15, 0.2) is 48.5 Å². The molecule has 2 rings (SSSR count). The van der Waals surface area contributed by atoms with Crippen LogP contribution < -0.4 is 10.2 Å². The van der Waals surface area contributed by atoms with E-state index in [1.165, 1.54) is 19.1 Å². The van der Waals surface area contributed by atoms with Crippen molar-refractivity contribution in [3.8, 4) is 0 Å². The van der Waals surface area contributed by atoms with Gasteiger partial charge >= 0.3 is 6.18 Å². The number of nitrogens with zero attached hydrogens (tertiary/aromatic N) is 1. The molecule has 8 heteroatoms. The summed E-state index contributed by atoms with van der Waals surface area (Å²) in [5.74, 6) is -1.54. The highest BCUT2D eigenvalue weighted by atomic mass is 19.4. The summed E-state index contributed by atoms with van der Waals surface area (Å²) in [7, 11) is 0. The van der Waals surface area contributed by atoms with Crippen LogP contribution in [0.1, 0.15) is 12.5 Å². The first-order valence-corrected chi connectivity index (χ1v) is 7.17. The van der Waals surface area contributed by atoms with E-state index in [9.17, 15) is 27.2 Å². The van der Waals surface area contributed by atoms with Gasteiger partial charge in [-0.15, -0.1) is 0 Å². The summed E-state index contributed by atoms with van der Waals surface area (Å²) in [6, 6.07) is 8.94. The maximum atomic E-state index is 12.8. The molecule has 0 spiro atoms. The number of halogens is 4. The summed E-state index contributed by atoms with van der Waals surface area (Å²) in [5, 5.41) is 2.48. The second-order valence-corrected chi connectivity index (χ2v) is 5.20. The van der Waals surface area contributed by atoms with Gasteiger partial charge in [-0.1, -0.05) is 0 Å². The van der Waals surface area contributed by atoms with E-state index < -0.39 is 35.9 Å². The number of carbonyl (C=O) groups is 2. The van der Waals surface area contributed by atoms with E-state index in [1.54, 1.807) is 0 Å². The summed E-state index contributed by atoms with van der Waals surface area (Å²) >= 11 is 0. The molecular weight excluding hydrogens is 340 g/mol. The van der Waals surface area contributed by atoms with Crippen LogP contribution in [0.25, 0.3) is 0 Å². The molecule has 2 aromatic carbocycles. The maximum Gasteiger partial charge on any atom is 0.416 e. The second kappa shape index (κ2) is 7.33. The van der Waals surface area contributed by atoms with Gasteiger partial charge in [0.05, 0.1) is 5.56 Å². The van der Waals surface area contributed by atoms with Gasteiger partial charge in [0.25, 0.3) is 0 Å². The summed E-state index contributed by atoms with van der Waals surface area (Å²) in [4.78, 5) is 24.8. The number of nitrogens with one attached hydrogen (secondary N) is 1. The molecule has 4 nitrogen and oxygen atoms in total. The minimum Gasteiger partial charge on any atom is -0.325 e. The maximum absolute atomic E-state index is 12.8. The van der Waals surface area contributed by atoms with Crippen molar-refractivity contribution < 1.29 is 27.2 Å². The molecule has 25 heavy (non-hydrogen) atoms. The van der Waals surface area contributed by atoms with Crippen LogP contribution in [-0.2, 0) is 15.8 Å². The molecule has 0 aliphatic heterocycles. The van der Waals surface area contributed by atoms with Gasteiger partial charge in [0.1, 0.15) is 12.4 Å². The second-order valence-electron chi connectivity index (χ2n) is 5.20. The summed E-state index contributed by atoms with van der Waals surface area (Å²) in [5.41, 5.74) is -0.354. The van der Waals surface area contributed by atoms with Gasteiger partial charge in [-0.3, -0.25) is 9.59 Å². The number of anilines is 2. The number of hydrogen-bond acceptors (Lipinski definition) is 2. The largest absolute Gasteiger partial charge is 0.416 e. The molecule has 2 amide bonds. The molecule has 0 radical (unpaired) electrons. The predicted molar refractivity (Wildman–Crippen MR) is 84.5 cm³/mol. The van der Waals surface area contributed by atoms with Crippen LogP contribution >= 0.6 is 0 Å². The van der Waals surface area contributed by atoms with Crippen LogP contribution in [0.5, 0.6) is 0 Å². The van der Waals surface area contributed by atoms with Crippen LogP contribution in [-0.4, -0.2) is 18.4 Å². The molecule has 0 unspecified atom stereocenters. The lowest BCUT2D eigenvalue weighted by Gasteiger charge is -2.21. The molecule has 0 saturated heterocycles. The number of carbonyl (C=O) groups excluding carboxylic acids is 2. The van der Waals surface area contributed by atoms with E-state index in [2.05, 4.69) is 5.32 Å². The Labute approximate surface area is 141 Å². The smallest absolute Gasteiger partial charge is 0.325 e. The Kier molecular flexibility index (Phi) is 5.41. The fraction of sp³-hybridized carbons (Fsp3) is 0.176. The van der Waals surface area contributed by atoms with Crippen molar-refractivity contribution in [2.24, 2.45) is 0 Å². The number of hydrogen-bond donors (Lipinski definition) is 1. The Morgan fingerprint density at radius 1 is 1.00 bits per heavy atom. The highest BCUT2D eigenvalue weighted by Gasteiger charge is 2.30. The standard InChI is InChI=1S/C17H14F4N2O2/c1-11(24)23(15-8-2-12(3-9-15)17(19,20)21)10-16(25)22-14-6-4-13(18)5-7-14/h2-9H,10H2,1H3,(H,22,25). The van der Waals surface area contributed by atoms with Crippen LogP contribution in [0.2, 0.25) is 0 Å². The molecule has 0 fully saturated rings. The molecule has 0 aliphatic rings. The molecule has 0 aromatic heterocycles. The van der Waals surface area contributed by atoms with Crippen molar-refractivity contribution in [1.29, 1.82) is 0 Å². The quantitative estimate of drug-likeness (QED) is 0.849. The Morgan fingerprint density at radius 3 is 2.04 bits per heavy atom. The fourth-order valence-corrected chi connectivity index (χ4v) is 2.09. The highest BCUT2D eigenvalue weighted by Crippen LogP contribution is 2.30. The summed E-state index contributed by atoms with van der Waals surface area (Å²) < 4.78 is 50.6. The molecule has 0 heterocycles. The lowest BCUT2D eigenvalue weighted by atomic mass is 10.2. The molecule has 132 valence electrons. The monoisotopic (exact) mass is 354 g/mol. The lowest BCUT2D eigenvalue weighted by Crippen LogP contribution is -2.36. The van der Waals surface area contributed by atoms with Gasteiger partial charge in [-0.2, -0.15) is 13.2 Å². The fourth-order valence-electron chi connectivity index (χ4n) is 2.09. The Balaban J connectivity index is 2.11. The van der Waals surface area contributed by atoms with Crippen LogP contribution in [0, 0.1) is 5.82 Å². The van der Waals surface area contributed by atoms with Crippen molar-refractivity contribution >= 4 is 23.2 Å². The first-order valence-electron chi connectivity index (χ1n) is 7.17. The van der Waals surface area contributed by atoms with E-state index >= 15 is 0 Å². The summed E-state index contributed by atoms with van der Waals surface area (Å²) in [6.07, 6.45) is -4.49. The zero-order valence-corrected chi connectivity index (χ0v) is 13.1. The number of benzene rings is 2. The topological polar surface area (TPSA) is 49.4 Å². The van der Waals surface area contributed by atoms with E-state index in [-0.39, 0.29) is 5.69 Å². The van der Waals surface area contributed by atoms with Gasteiger partial charge < -0.3 is 10.2 Å². The molecule has 0 aliphatic carbocycles. The molecule has 0 saturated carbocycles. The number of amides is 2. The van der Waals surface area contributed by atoms with Crippen molar-refractivity contribution in [2.75, 3.05) is 16.8 Å². The van der Waals surface area contributed by atoms with Crippen molar-refractivity contribution in [1.82, 2.24) is 0 Å². The minimum atomic E-state index is -4.49. The minimum absolute atomic E-state index is 0.162. The summed E-state index contributed by atoms with van der Waals surface area (Å²) in [6.45, 7) is 0.806. The molecule has 2 aromatic rings. The van der Waals surface area contributed by atoms with Gasteiger partial charge in [0.15, 0.2) is 0 Å². The Bertz CT molecular complexity index is 756. The van der Waals surface area contributed by atoms with Gasteiger partial charge in [-0.05, 0) is 48.5 Å². The zero-order chi connectivity index (χ0) is 18.6. The average molecular weight is 354 g/mol. The third-order valence-corrected chi connectivity index (χ3v) is 3.32. The van der Waals surface area contributed by atoms with Crippen molar-refractivity contribution in [3.63, 3.8) is 0 Å². The number of rotatable bonds is 4. The lowest BCUT2D eigenvalue weighted by molar-refractivity contribution is -0.137. The average Bonchev–Trinajstić information content (AvgIpc) is 2.54. The Morgan fingerprint density at radius 2 is 1.56 bits per heavy atom. The van der Waals surface area contributed by atoms with E-state index in [4.69, 9.17) is 0 Å². The van der Waals surface area contributed by atoms with Gasteiger partial charge in [0.2, 0.25) is 11.8 Å². The van der Waals surface area contributed by atoms with E-state index in [0.29, 0.717) is 5.69 Å². The first kappa shape index (κ1) is 18.4. The SMILES string of the molecule is CC(=O)N(CC(=O)Nc1ccc(F)cc1)c1ccc(C(F)(F)F)cc1. The normalized spacial score (nSPS) is 11.1. The van der Waals surface area contributed by atoms with Crippen molar-refractivity contribution in [3.05, 3.63) is 59.9 Å².